The largest absolute Gasteiger partial charge is 0.481 e. The van der Waals surface area contributed by atoms with Crippen molar-refractivity contribution in [2.75, 3.05) is 18.4 Å². The number of carbonyl (C=O) groups excluding carboxylic acids is 1. The molecule has 28 atom stereocenters. The lowest BCUT2D eigenvalue weighted by Gasteiger charge is -2.70. The van der Waals surface area contributed by atoms with Crippen LogP contribution in [0.5, 0.6) is 0 Å². The Balaban J connectivity index is 0.000000313. The standard InChI is InChI=1S/C42H62O16.C12H19Cl3O8/c1-37(2)21-8-11-42(7)31(20(43)16-18-19-17-39(4,36(53)54)13-12-38(19,3)14-15-41(18,42)6)40(21,5)10-9-22(37)55-35-30(26(47)25(46)29(57-35)33(51)52)58-34-27(48)23(44)24(45)28(56-34)32(49)50;13-1-4-7(17)10(20)12(3-14,22-4)23-11-9(19)8(18)6(15)5(2-16)21-11/h16,19,21-31,34-35,44-48H,8-15,17H2,1-7H3,(H,49,50)(H,51,52)(H,53,54);4-11,16-20H,1-3H2/t19-,21-,22-,23-,24-,25-,26-,27+,28-,29-,30+,31+,34-,35-,38+,39-,40-,41+,42+;4-,5-,6+,7-,8+,9-,10+,11-,12+/m01/s1. The molecule has 0 spiro atoms. The highest BCUT2D eigenvalue weighted by Gasteiger charge is 2.71. The summed E-state index contributed by atoms with van der Waals surface area (Å²) in [4.78, 5) is 51.3. The van der Waals surface area contributed by atoms with E-state index >= 15 is 0 Å². The molecule has 5 aliphatic carbocycles. The fraction of sp³-hybridized carbons (Fsp3) is 0.889. The highest BCUT2D eigenvalue weighted by molar-refractivity contribution is 6.21. The minimum absolute atomic E-state index is 0.0217. The smallest absolute Gasteiger partial charge is 0.335 e. The second kappa shape index (κ2) is 23.3. The SMILES string of the molecule is CC1(C)[C@@H](O[C@H]2O[C@H](C(=O)O)[C@@H](O)[C@H](O)[C@H]2O[C@@H]2O[C@H](C(=O)O)[C@@H](O)[C@H](O)[C@H]2O)CC[C@]2(C)[C@H]3C(=O)C=C4[C@@H]5C[C@@](C)(C(=O)O)CC[C@]5(C)CC[C@@]4(C)[C@]3(C)CC[C@@H]12.OC[C@H]1O[C@H](O[C@]2(CCl)O[C@H](CCl)[C@@H](O)[C@@H]2O)[C@H](O)[C@@H](O)[C@H]1Cl. The first-order valence-electron chi connectivity index (χ1n) is 27.7. The molecule has 81 heavy (non-hydrogen) atoms. The topological polar surface area (TPSA) is 396 Å². The quantitative estimate of drug-likeness (QED) is 0.0939. The van der Waals surface area contributed by atoms with Gasteiger partial charge in [0.25, 0.3) is 0 Å². The van der Waals surface area contributed by atoms with Crippen molar-refractivity contribution in [2.45, 2.75) is 228 Å². The fourth-order valence-corrected chi connectivity index (χ4v) is 16.7. The molecule has 9 rings (SSSR count). The van der Waals surface area contributed by atoms with Gasteiger partial charge in [0.2, 0.25) is 5.79 Å². The number of hydrogen-bond donors (Lipinski definition) is 13. The van der Waals surface area contributed by atoms with E-state index in [-0.39, 0.29) is 40.2 Å². The van der Waals surface area contributed by atoms with Crippen molar-refractivity contribution in [3.05, 3.63) is 11.6 Å². The van der Waals surface area contributed by atoms with Gasteiger partial charge >= 0.3 is 17.9 Å². The zero-order valence-corrected chi connectivity index (χ0v) is 48.5. The molecular weight excluding hydrogens is 1140 g/mol. The molecule has 4 saturated carbocycles. The summed E-state index contributed by atoms with van der Waals surface area (Å²) in [5.41, 5.74) is -1.81. The normalized spacial score (nSPS) is 52.1. The number of ether oxygens (including phenoxy) is 7. The number of allylic oxidation sites excluding steroid dienone is 2. The molecule has 13 N–H and O–H groups in total. The summed E-state index contributed by atoms with van der Waals surface area (Å²) in [5, 5.41) is 131. The predicted octanol–water partition coefficient (Wildman–Crippen LogP) is 0.590. The highest BCUT2D eigenvalue weighted by atomic mass is 35.5. The van der Waals surface area contributed by atoms with Crippen molar-refractivity contribution in [1.29, 1.82) is 0 Å². The van der Waals surface area contributed by atoms with E-state index in [1.807, 2.05) is 26.8 Å². The lowest BCUT2D eigenvalue weighted by atomic mass is 9.33. The van der Waals surface area contributed by atoms with Crippen LogP contribution in [0.1, 0.15) is 106 Å². The molecule has 0 radical (unpaired) electrons. The zero-order chi connectivity index (χ0) is 60.2. The van der Waals surface area contributed by atoms with Crippen LogP contribution in [-0.4, -0.2) is 230 Å². The van der Waals surface area contributed by atoms with Crippen LogP contribution in [0.4, 0.5) is 0 Å². The maximum Gasteiger partial charge on any atom is 0.335 e. The van der Waals surface area contributed by atoms with Gasteiger partial charge in [-0.2, -0.15) is 0 Å². The molecule has 0 aromatic carbocycles. The van der Waals surface area contributed by atoms with Crippen LogP contribution in [0.15, 0.2) is 11.6 Å². The monoisotopic (exact) mass is 1220 g/mol. The van der Waals surface area contributed by atoms with E-state index in [0.29, 0.717) is 25.7 Å². The van der Waals surface area contributed by atoms with Crippen LogP contribution in [-0.2, 0) is 52.3 Å². The zero-order valence-electron chi connectivity index (χ0n) is 46.2. The van der Waals surface area contributed by atoms with Crippen LogP contribution in [0, 0.1) is 50.2 Å². The molecule has 0 bridgehead atoms. The fourth-order valence-electron chi connectivity index (χ4n) is 15.9. The Morgan fingerprint density at radius 3 is 1.83 bits per heavy atom. The van der Waals surface area contributed by atoms with Gasteiger partial charge in [0.05, 0.1) is 35.3 Å². The van der Waals surface area contributed by atoms with Crippen LogP contribution in [0.25, 0.3) is 0 Å². The lowest BCUT2D eigenvalue weighted by Crippen LogP contribution is -2.68. The Kier molecular flexibility index (Phi) is 18.7. The molecule has 27 heteroatoms. The second-order valence-electron chi connectivity index (χ2n) is 26.1. The lowest BCUT2D eigenvalue weighted by molar-refractivity contribution is -0.371. The van der Waals surface area contributed by atoms with Crippen molar-refractivity contribution in [2.24, 2.45) is 50.2 Å². The molecule has 0 aromatic rings. The third-order valence-electron chi connectivity index (χ3n) is 21.2. The Labute approximate surface area is 483 Å². The van der Waals surface area contributed by atoms with Crippen LogP contribution in [0.2, 0.25) is 0 Å². The van der Waals surface area contributed by atoms with E-state index in [1.54, 1.807) is 0 Å². The van der Waals surface area contributed by atoms with Gasteiger partial charge in [-0.05, 0) is 110 Å². The third kappa shape index (κ3) is 10.7. The van der Waals surface area contributed by atoms with Crippen molar-refractivity contribution in [3.8, 4) is 0 Å². The maximum absolute atomic E-state index is 14.8. The average molecular weight is 1220 g/mol. The van der Waals surface area contributed by atoms with Gasteiger partial charge in [0.1, 0.15) is 73.2 Å². The molecule has 9 aliphatic rings. The van der Waals surface area contributed by atoms with Crippen LogP contribution < -0.4 is 0 Å². The first-order valence-corrected chi connectivity index (χ1v) is 29.2. The summed E-state index contributed by atoms with van der Waals surface area (Å²) in [6.45, 7) is 14.3. The molecule has 8 fully saturated rings. The highest BCUT2D eigenvalue weighted by Crippen LogP contribution is 2.75. The summed E-state index contributed by atoms with van der Waals surface area (Å²) in [6, 6.07) is 0. The number of ketones is 1. The van der Waals surface area contributed by atoms with Gasteiger partial charge < -0.3 is 99.5 Å². The third-order valence-corrected chi connectivity index (χ3v) is 22.4. The van der Waals surface area contributed by atoms with E-state index < -0.39 is 174 Å². The van der Waals surface area contributed by atoms with Gasteiger partial charge in [-0.1, -0.05) is 47.1 Å². The number of alkyl halides is 3. The van der Waals surface area contributed by atoms with Gasteiger partial charge in [-0.3, -0.25) is 9.59 Å². The van der Waals surface area contributed by atoms with E-state index in [9.17, 15) is 85.6 Å². The molecule has 0 aromatic heterocycles. The maximum atomic E-state index is 14.8. The number of aliphatic hydroxyl groups is 10. The van der Waals surface area contributed by atoms with E-state index in [0.717, 1.165) is 37.7 Å². The average Bonchev–Trinajstić information content (AvgIpc) is 1.57. The minimum Gasteiger partial charge on any atom is -0.481 e. The number of carboxylic acid groups (broad SMARTS) is 3. The molecule has 4 saturated heterocycles. The molecule has 4 heterocycles. The first-order chi connectivity index (χ1) is 37.6. The number of hydrogen-bond acceptors (Lipinski definition) is 21. The van der Waals surface area contributed by atoms with Crippen LogP contribution >= 0.6 is 34.8 Å². The van der Waals surface area contributed by atoms with Gasteiger partial charge in [0, 0.05) is 5.92 Å². The number of aliphatic carboxylic acids is 3. The number of fused-ring (bicyclic) bond motifs is 7. The van der Waals surface area contributed by atoms with Gasteiger partial charge in [0.15, 0.2) is 36.9 Å². The predicted molar refractivity (Wildman–Crippen MR) is 279 cm³/mol. The second-order valence-corrected chi connectivity index (χ2v) is 27.2. The number of rotatable bonds is 12. The van der Waals surface area contributed by atoms with Crippen molar-refractivity contribution in [1.82, 2.24) is 0 Å². The summed E-state index contributed by atoms with van der Waals surface area (Å²) in [5.74, 6) is -6.90. The van der Waals surface area contributed by atoms with Crippen molar-refractivity contribution < 1.29 is 119 Å². The number of carboxylic acids is 3. The van der Waals surface area contributed by atoms with Crippen molar-refractivity contribution in [3.63, 3.8) is 0 Å². The summed E-state index contributed by atoms with van der Waals surface area (Å²) < 4.78 is 39.5. The number of carbonyl (C=O) groups is 4. The van der Waals surface area contributed by atoms with Gasteiger partial charge in [-0.15, -0.1) is 34.8 Å². The summed E-state index contributed by atoms with van der Waals surface area (Å²) in [7, 11) is 0. The Bertz CT molecular complexity index is 2390. The Morgan fingerprint density at radius 2 is 1.26 bits per heavy atom. The molecule has 462 valence electrons. The molecular formula is C54H81Cl3O24. The molecule has 24 nitrogen and oxygen atoms in total. The van der Waals surface area contributed by atoms with Crippen LogP contribution in [0.3, 0.4) is 0 Å². The molecule has 0 unspecified atom stereocenters. The summed E-state index contributed by atoms with van der Waals surface area (Å²) in [6.07, 6.45) is -21.6. The van der Waals surface area contributed by atoms with Crippen molar-refractivity contribution >= 4 is 58.5 Å². The number of halogens is 3. The molecule has 4 aliphatic heterocycles. The minimum atomic E-state index is -2.05. The Morgan fingerprint density at radius 1 is 0.667 bits per heavy atom. The Hall–Kier alpha value is -1.99. The molecule has 0 amide bonds. The number of aliphatic hydroxyl groups excluding tert-OH is 10. The first kappa shape index (κ1) is 65.0. The van der Waals surface area contributed by atoms with Gasteiger partial charge in [-0.25, -0.2) is 9.59 Å². The van der Waals surface area contributed by atoms with E-state index in [2.05, 4.69) is 27.7 Å². The van der Waals surface area contributed by atoms with E-state index in [4.69, 9.17) is 68.0 Å². The van der Waals surface area contributed by atoms with E-state index in [1.165, 1.54) is 0 Å². The summed E-state index contributed by atoms with van der Waals surface area (Å²) >= 11 is 17.3.